The zero-order valence-corrected chi connectivity index (χ0v) is 8.38. The Hall–Kier alpha value is -1.38. The molecular formula is C11H14FNO. The van der Waals surface area contributed by atoms with Crippen LogP contribution in [0.15, 0.2) is 24.3 Å². The summed E-state index contributed by atoms with van der Waals surface area (Å²) < 4.78 is 12.7. The second-order valence-corrected chi connectivity index (χ2v) is 3.53. The van der Waals surface area contributed by atoms with Gasteiger partial charge in [-0.05, 0) is 31.5 Å². The molecule has 2 nitrogen and oxygen atoms in total. The predicted molar refractivity (Wildman–Crippen MR) is 53.4 cm³/mol. The Kier molecular flexibility index (Phi) is 3.63. The number of amides is 1. The second kappa shape index (κ2) is 4.74. The molecule has 0 aliphatic rings. The summed E-state index contributed by atoms with van der Waals surface area (Å²) in [6.07, 6.45) is 0.232. The van der Waals surface area contributed by atoms with Gasteiger partial charge in [-0.3, -0.25) is 4.79 Å². The first kappa shape index (κ1) is 10.7. The van der Waals surface area contributed by atoms with Crippen LogP contribution >= 0.6 is 0 Å². The van der Waals surface area contributed by atoms with Crippen molar-refractivity contribution in [2.45, 2.75) is 26.3 Å². The molecule has 0 unspecified atom stereocenters. The van der Waals surface area contributed by atoms with E-state index in [-0.39, 0.29) is 24.2 Å². The first-order valence-corrected chi connectivity index (χ1v) is 4.61. The molecule has 0 atom stereocenters. The summed E-state index contributed by atoms with van der Waals surface area (Å²) >= 11 is 0. The lowest BCUT2D eigenvalue weighted by atomic mass is 10.1. The summed E-state index contributed by atoms with van der Waals surface area (Å²) in [5, 5.41) is 2.75. The summed E-state index contributed by atoms with van der Waals surface area (Å²) in [4.78, 5) is 11.3. The molecule has 0 bridgehead atoms. The van der Waals surface area contributed by atoms with Gasteiger partial charge in [0.15, 0.2) is 0 Å². The highest BCUT2D eigenvalue weighted by atomic mass is 19.1. The highest BCUT2D eigenvalue weighted by Crippen LogP contribution is 2.04. The van der Waals surface area contributed by atoms with Gasteiger partial charge in [-0.1, -0.05) is 12.1 Å². The molecule has 0 saturated heterocycles. The van der Waals surface area contributed by atoms with Crippen molar-refractivity contribution in [3.8, 4) is 0 Å². The Labute approximate surface area is 83.1 Å². The van der Waals surface area contributed by atoms with Gasteiger partial charge in [-0.15, -0.1) is 0 Å². The summed E-state index contributed by atoms with van der Waals surface area (Å²) in [5.41, 5.74) is 0.697. The Balaban J connectivity index is 2.56. The number of nitrogens with one attached hydrogen (secondary N) is 1. The van der Waals surface area contributed by atoms with E-state index in [9.17, 15) is 9.18 Å². The van der Waals surface area contributed by atoms with Gasteiger partial charge in [0.1, 0.15) is 5.82 Å². The van der Waals surface area contributed by atoms with E-state index in [2.05, 4.69) is 5.32 Å². The molecule has 0 saturated carbocycles. The van der Waals surface area contributed by atoms with E-state index in [0.717, 1.165) is 0 Å². The highest BCUT2D eigenvalue weighted by molar-refractivity contribution is 5.78. The molecule has 0 fully saturated rings. The molecule has 0 aliphatic carbocycles. The largest absolute Gasteiger partial charge is 0.354 e. The van der Waals surface area contributed by atoms with Crippen LogP contribution in [0.2, 0.25) is 0 Å². The van der Waals surface area contributed by atoms with Crippen LogP contribution in [0, 0.1) is 5.82 Å². The third-order valence-electron chi connectivity index (χ3n) is 1.70. The number of hydrogen-bond donors (Lipinski definition) is 1. The monoisotopic (exact) mass is 195 g/mol. The average molecular weight is 195 g/mol. The summed E-state index contributed by atoms with van der Waals surface area (Å²) in [5.74, 6) is -0.384. The molecule has 1 amide bonds. The number of halogens is 1. The minimum Gasteiger partial charge on any atom is -0.354 e. The third-order valence-corrected chi connectivity index (χ3v) is 1.70. The van der Waals surface area contributed by atoms with Gasteiger partial charge in [0.2, 0.25) is 5.91 Å². The summed E-state index contributed by atoms with van der Waals surface area (Å²) in [7, 11) is 0. The van der Waals surface area contributed by atoms with Gasteiger partial charge in [-0.25, -0.2) is 4.39 Å². The van der Waals surface area contributed by atoms with E-state index in [1.165, 1.54) is 12.1 Å². The lowest BCUT2D eigenvalue weighted by molar-refractivity contribution is -0.120. The standard InChI is InChI=1S/C11H14FNO/c1-8(2)13-11(14)7-9-4-3-5-10(12)6-9/h3-6,8H,7H2,1-2H3,(H,13,14). The van der Waals surface area contributed by atoms with Crippen LogP contribution in [-0.2, 0) is 11.2 Å². The van der Waals surface area contributed by atoms with Crippen LogP contribution in [0.1, 0.15) is 19.4 Å². The molecule has 1 rings (SSSR count). The summed E-state index contributed by atoms with van der Waals surface area (Å²) in [6.45, 7) is 3.78. The van der Waals surface area contributed by atoms with E-state index < -0.39 is 0 Å². The zero-order chi connectivity index (χ0) is 10.6. The molecule has 3 heteroatoms. The molecule has 14 heavy (non-hydrogen) atoms. The fourth-order valence-electron chi connectivity index (χ4n) is 1.21. The Morgan fingerprint density at radius 3 is 2.79 bits per heavy atom. The van der Waals surface area contributed by atoms with Gasteiger partial charge >= 0.3 is 0 Å². The van der Waals surface area contributed by atoms with Crippen LogP contribution in [-0.4, -0.2) is 11.9 Å². The molecule has 0 radical (unpaired) electrons. The molecule has 1 aromatic carbocycles. The van der Waals surface area contributed by atoms with Crippen molar-refractivity contribution in [2.24, 2.45) is 0 Å². The molecule has 0 aliphatic heterocycles. The van der Waals surface area contributed by atoms with E-state index in [1.807, 2.05) is 13.8 Å². The first-order valence-electron chi connectivity index (χ1n) is 4.61. The Morgan fingerprint density at radius 2 is 2.21 bits per heavy atom. The van der Waals surface area contributed by atoms with Crippen molar-refractivity contribution in [1.82, 2.24) is 5.32 Å². The molecule has 0 aromatic heterocycles. The van der Waals surface area contributed by atoms with Gasteiger partial charge in [-0.2, -0.15) is 0 Å². The van der Waals surface area contributed by atoms with Crippen LogP contribution in [0.5, 0.6) is 0 Å². The Morgan fingerprint density at radius 1 is 1.50 bits per heavy atom. The number of carbonyl (C=O) groups is 1. The van der Waals surface area contributed by atoms with Crippen molar-refractivity contribution in [3.63, 3.8) is 0 Å². The van der Waals surface area contributed by atoms with Gasteiger partial charge in [0.05, 0.1) is 6.42 Å². The van der Waals surface area contributed by atoms with E-state index in [0.29, 0.717) is 5.56 Å². The van der Waals surface area contributed by atoms with Crippen LogP contribution in [0.3, 0.4) is 0 Å². The number of carbonyl (C=O) groups excluding carboxylic acids is 1. The van der Waals surface area contributed by atoms with Crippen molar-refractivity contribution in [1.29, 1.82) is 0 Å². The molecule has 76 valence electrons. The smallest absolute Gasteiger partial charge is 0.224 e. The Bertz CT molecular complexity index is 323. The van der Waals surface area contributed by atoms with Crippen LogP contribution in [0.25, 0.3) is 0 Å². The highest BCUT2D eigenvalue weighted by Gasteiger charge is 2.04. The lowest BCUT2D eigenvalue weighted by Gasteiger charge is -2.07. The van der Waals surface area contributed by atoms with Gasteiger partial charge < -0.3 is 5.32 Å². The second-order valence-electron chi connectivity index (χ2n) is 3.53. The lowest BCUT2D eigenvalue weighted by Crippen LogP contribution is -2.31. The van der Waals surface area contributed by atoms with Crippen LogP contribution < -0.4 is 5.32 Å². The fraction of sp³-hybridized carbons (Fsp3) is 0.364. The molecule has 1 aromatic rings. The predicted octanol–water partition coefficient (Wildman–Crippen LogP) is 1.89. The SMILES string of the molecule is CC(C)NC(=O)Cc1cccc(F)c1. The first-order chi connectivity index (χ1) is 6.58. The fourth-order valence-corrected chi connectivity index (χ4v) is 1.21. The van der Waals surface area contributed by atoms with Gasteiger partial charge in [0.25, 0.3) is 0 Å². The molecule has 0 spiro atoms. The van der Waals surface area contributed by atoms with Crippen molar-refractivity contribution >= 4 is 5.91 Å². The number of hydrogen-bond acceptors (Lipinski definition) is 1. The number of benzene rings is 1. The molecular weight excluding hydrogens is 181 g/mol. The zero-order valence-electron chi connectivity index (χ0n) is 8.38. The van der Waals surface area contributed by atoms with Crippen molar-refractivity contribution < 1.29 is 9.18 Å². The van der Waals surface area contributed by atoms with E-state index >= 15 is 0 Å². The third kappa shape index (κ3) is 3.56. The van der Waals surface area contributed by atoms with Crippen molar-refractivity contribution in [2.75, 3.05) is 0 Å². The topological polar surface area (TPSA) is 29.1 Å². The molecule has 0 heterocycles. The minimum atomic E-state index is -0.306. The quantitative estimate of drug-likeness (QED) is 0.784. The minimum absolute atomic E-state index is 0.0781. The van der Waals surface area contributed by atoms with Gasteiger partial charge in [0, 0.05) is 6.04 Å². The maximum Gasteiger partial charge on any atom is 0.224 e. The maximum absolute atomic E-state index is 12.7. The van der Waals surface area contributed by atoms with E-state index in [4.69, 9.17) is 0 Å². The molecule has 1 N–H and O–H groups in total. The maximum atomic E-state index is 12.7. The summed E-state index contributed by atoms with van der Waals surface area (Å²) in [6, 6.07) is 6.20. The van der Waals surface area contributed by atoms with E-state index in [1.54, 1.807) is 12.1 Å². The number of rotatable bonds is 3. The van der Waals surface area contributed by atoms with Crippen molar-refractivity contribution in [3.05, 3.63) is 35.6 Å². The average Bonchev–Trinajstić information content (AvgIpc) is 2.01. The normalized spacial score (nSPS) is 10.3. The van der Waals surface area contributed by atoms with Crippen LogP contribution in [0.4, 0.5) is 4.39 Å².